The van der Waals surface area contributed by atoms with Crippen molar-refractivity contribution in [1.29, 1.82) is 0 Å². The van der Waals surface area contributed by atoms with Gasteiger partial charge in [0.15, 0.2) is 6.61 Å². The van der Waals surface area contributed by atoms with Crippen LogP contribution in [0, 0.1) is 0 Å². The van der Waals surface area contributed by atoms with Crippen LogP contribution in [-0.2, 0) is 14.3 Å². The highest BCUT2D eigenvalue weighted by Crippen LogP contribution is 2.18. The maximum Gasteiger partial charge on any atom is 0.306 e. The minimum Gasteiger partial charge on any atom is -0.456 e. The summed E-state index contributed by atoms with van der Waals surface area (Å²) in [5.74, 6) is -0.606. The fourth-order valence-corrected chi connectivity index (χ4v) is 2.46. The van der Waals surface area contributed by atoms with Crippen molar-refractivity contribution in [3.63, 3.8) is 0 Å². The maximum absolute atomic E-state index is 11.9. The molecule has 0 saturated heterocycles. The number of carbonyl (C=O) groups is 2. The largest absolute Gasteiger partial charge is 0.456 e. The number of benzene rings is 2. The molecule has 0 aliphatic carbocycles. The summed E-state index contributed by atoms with van der Waals surface area (Å²) >= 11 is 0. The molecule has 0 bridgehead atoms. The van der Waals surface area contributed by atoms with Crippen LogP contribution in [0.4, 0.5) is 0 Å². The van der Waals surface area contributed by atoms with Gasteiger partial charge >= 0.3 is 5.97 Å². The van der Waals surface area contributed by atoms with Crippen molar-refractivity contribution in [2.24, 2.45) is 0 Å². The highest BCUT2D eigenvalue weighted by Gasteiger charge is 2.15. The molecule has 24 heavy (non-hydrogen) atoms. The zero-order chi connectivity index (χ0) is 17.4. The van der Waals surface area contributed by atoms with Crippen LogP contribution in [0.2, 0.25) is 0 Å². The molecule has 4 nitrogen and oxygen atoms in total. The zero-order valence-corrected chi connectivity index (χ0v) is 14.1. The van der Waals surface area contributed by atoms with E-state index in [0.29, 0.717) is 0 Å². The molecular weight excluding hydrogens is 302 g/mol. The lowest BCUT2D eigenvalue weighted by molar-refractivity contribution is -0.149. The van der Waals surface area contributed by atoms with Crippen LogP contribution in [0.5, 0.6) is 0 Å². The summed E-state index contributed by atoms with van der Waals surface area (Å²) in [5, 5.41) is 2.82. The molecule has 0 aliphatic heterocycles. The van der Waals surface area contributed by atoms with E-state index < -0.39 is 0 Å². The van der Waals surface area contributed by atoms with E-state index in [1.807, 2.05) is 74.5 Å². The van der Waals surface area contributed by atoms with Crippen LogP contribution in [0.1, 0.15) is 43.4 Å². The van der Waals surface area contributed by atoms with Crippen LogP contribution >= 0.6 is 0 Å². The molecule has 0 aliphatic rings. The van der Waals surface area contributed by atoms with Crippen molar-refractivity contribution in [2.75, 3.05) is 6.61 Å². The Bertz CT molecular complexity index is 596. The van der Waals surface area contributed by atoms with E-state index in [0.717, 1.165) is 11.1 Å². The number of hydrogen-bond donors (Lipinski definition) is 1. The predicted octanol–water partition coefficient (Wildman–Crippen LogP) is 3.60. The van der Waals surface area contributed by atoms with Gasteiger partial charge in [0.25, 0.3) is 5.91 Å². The first-order chi connectivity index (χ1) is 11.6. The number of hydrogen-bond acceptors (Lipinski definition) is 3. The second-order valence-electron chi connectivity index (χ2n) is 5.88. The van der Waals surface area contributed by atoms with E-state index >= 15 is 0 Å². The van der Waals surface area contributed by atoms with Crippen molar-refractivity contribution in [3.8, 4) is 0 Å². The van der Waals surface area contributed by atoms with E-state index in [2.05, 4.69) is 5.32 Å². The first kappa shape index (κ1) is 17.7. The van der Waals surface area contributed by atoms with Crippen LogP contribution in [0.3, 0.4) is 0 Å². The molecule has 2 aromatic rings. The highest BCUT2D eigenvalue weighted by atomic mass is 16.5. The molecule has 0 fully saturated rings. The highest BCUT2D eigenvalue weighted by molar-refractivity contribution is 5.81. The summed E-state index contributed by atoms with van der Waals surface area (Å²) in [6, 6.07) is 19.3. The van der Waals surface area contributed by atoms with E-state index in [4.69, 9.17) is 4.74 Å². The molecule has 126 valence electrons. The summed E-state index contributed by atoms with van der Waals surface area (Å²) in [5.41, 5.74) is 2.09. The monoisotopic (exact) mass is 325 g/mol. The van der Waals surface area contributed by atoms with E-state index in [9.17, 15) is 9.59 Å². The van der Waals surface area contributed by atoms with E-state index in [-0.39, 0.29) is 36.9 Å². The summed E-state index contributed by atoms with van der Waals surface area (Å²) in [4.78, 5) is 23.8. The predicted molar refractivity (Wildman–Crippen MR) is 93.4 cm³/mol. The Morgan fingerprint density at radius 1 is 0.917 bits per heavy atom. The molecular formula is C20H23NO3. The number of amides is 1. The molecule has 2 rings (SSSR count). The lowest BCUT2D eigenvalue weighted by Gasteiger charge is -2.15. The van der Waals surface area contributed by atoms with Gasteiger partial charge in [0.05, 0.1) is 12.5 Å². The Hall–Kier alpha value is -2.62. The fraction of sp³-hybridized carbons (Fsp3) is 0.300. The lowest BCUT2D eigenvalue weighted by atomic mass is 9.98. The summed E-state index contributed by atoms with van der Waals surface area (Å²) in [7, 11) is 0. The molecule has 2 aromatic carbocycles. The Balaban J connectivity index is 1.74. The molecule has 1 amide bonds. The Labute approximate surface area is 142 Å². The average molecular weight is 325 g/mol. The van der Waals surface area contributed by atoms with Crippen molar-refractivity contribution < 1.29 is 14.3 Å². The maximum atomic E-state index is 11.9. The second-order valence-corrected chi connectivity index (χ2v) is 5.88. The number of carbonyl (C=O) groups excluding carboxylic acids is 2. The topological polar surface area (TPSA) is 55.4 Å². The first-order valence-electron chi connectivity index (χ1n) is 8.11. The second kappa shape index (κ2) is 8.87. The van der Waals surface area contributed by atoms with E-state index in [1.54, 1.807) is 0 Å². The standard InChI is InChI=1S/C20H23NO3/c1-15(17-9-5-3-6-10-17)13-20(23)24-14-19(22)21-16(2)18-11-7-4-8-12-18/h3-12,15-16H,13-14H2,1-2H3,(H,21,22)/t15-,16+/m1/s1. The summed E-state index contributed by atoms with van der Waals surface area (Å²) in [6.07, 6.45) is 0.255. The lowest BCUT2D eigenvalue weighted by Crippen LogP contribution is -2.31. The van der Waals surface area contributed by atoms with Gasteiger partial charge in [0.1, 0.15) is 0 Å². The SMILES string of the molecule is C[C@H](CC(=O)OCC(=O)N[C@@H](C)c1ccccc1)c1ccccc1. The number of ether oxygens (including phenoxy) is 1. The van der Waals surface area contributed by atoms with Crippen LogP contribution in [-0.4, -0.2) is 18.5 Å². The molecule has 2 atom stereocenters. The van der Waals surface area contributed by atoms with Crippen molar-refractivity contribution in [1.82, 2.24) is 5.32 Å². The third kappa shape index (κ3) is 5.54. The Kier molecular flexibility index (Phi) is 6.55. The zero-order valence-electron chi connectivity index (χ0n) is 14.1. The van der Waals surface area contributed by atoms with Crippen molar-refractivity contribution in [3.05, 3.63) is 71.8 Å². The quantitative estimate of drug-likeness (QED) is 0.791. The molecule has 0 unspecified atom stereocenters. The fourth-order valence-electron chi connectivity index (χ4n) is 2.46. The molecule has 0 saturated carbocycles. The number of rotatable bonds is 7. The third-order valence-corrected chi connectivity index (χ3v) is 3.88. The van der Waals surface area contributed by atoms with Crippen LogP contribution in [0.25, 0.3) is 0 Å². The number of esters is 1. The molecule has 0 radical (unpaired) electrons. The van der Waals surface area contributed by atoms with Crippen LogP contribution < -0.4 is 5.32 Å². The minimum absolute atomic E-state index is 0.0602. The number of nitrogens with one attached hydrogen (secondary N) is 1. The molecule has 0 heterocycles. The summed E-state index contributed by atoms with van der Waals surface area (Å²) < 4.78 is 5.08. The Morgan fingerprint density at radius 2 is 1.46 bits per heavy atom. The van der Waals surface area contributed by atoms with E-state index in [1.165, 1.54) is 0 Å². The van der Waals surface area contributed by atoms with Gasteiger partial charge < -0.3 is 10.1 Å². The van der Waals surface area contributed by atoms with Gasteiger partial charge in [-0.1, -0.05) is 67.6 Å². The van der Waals surface area contributed by atoms with Crippen molar-refractivity contribution in [2.45, 2.75) is 32.2 Å². The van der Waals surface area contributed by atoms with Gasteiger partial charge in [-0.05, 0) is 24.0 Å². The third-order valence-electron chi connectivity index (χ3n) is 3.88. The van der Waals surface area contributed by atoms with Gasteiger partial charge in [0, 0.05) is 0 Å². The average Bonchev–Trinajstić information content (AvgIpc) is 2.61. The van der Waals surface area contributed by atoms with Gasteiger partial charge in [-0.2, -0.15) is 0 Å². The Morgan fingerprint density at radius 3 is 2.04 bits per heavy atom. The van der Waals surface area contributed by atoms with Crippen molar-refractivity contribution >= 4 is 11.9 Å². The van der Waals surface area contributed by atoms with Gasteiger partial charge in [-0.25, -0.2) is 0 Å². The van der Waals surface area contributed by atoms with Gasteiger partial charge in [0.2, 0.25) is 0 Å². The summed E-state index contributed by atoms with van der Waals surface area (Å²) in [6.45, 7) is 3.61. The molecule has 0 spiro atoms. The minimum atomic E-state index is -0.367. The van der Waals surface area contributed by atoms with Gasteiger partial charge in [-0.3, -0.25) is 9.59 Å². The normalized spacial score (nSPS) is 12.9. The molecule has 4 heteroatoms. The smallest absolute Gasteiger partial charge is 0.306 e. The van der Waals surface area contributed by atoms with Crippen LogP contribution in [0.15, 0.2) is 60.7 Å². The molecule has 1 N–H and O–H groups in total. The first-order valence-corrected chi connectivity index (χ1v) is 8.11. The molecule has 0 aromatic heterocycles. The van der Waals surface area contributed by atoms with Gasteiger partial charge in [-0.15, -0.1) is 0 Å².